The number of imidazole rings is 1. The molecule has 0 amide bonds. The van der Waals surface area contributed by atoms with E-state index in [0.29, 0.717) is 0 Å². The van der Waals surface area contributed by atoms with Gasteiger partial charge in [0.15, 0.2) is 0 Å². The number of hydrogen-bond donors (Lipinski definition) is 2. The Balaban J connectivity index is 2.70. The van der Waals surface area contributed by atoms with Crippen molar-refractivity contribution < 1.29 is 0 Å². The summed E-state index contributed by atoms with van der Waals surface area (Å²) in [5.41, 5.74) is 8.70. The number of nitrogens with two attached hydrogens (primary N) is 1. The Morgan fingerprint density at radius 2 is 2.21 bits per heavy atom. The zero-order valence-electron chi connectivity index (χ0n) is 8.13. The molecular weight excluding hydrogens is 198 g/mol. The lowest BCUT2D eigenvalue weighted by molar-refractivity contribution is 0.760. The largest absolute Gasteiger partial charge is 0.341 e. The van der Waals surface area contributed by atoms with Crippen molar-refractivity contribution in [1.82, 2.24) is 9.97 Å². The van der Waals surface area contributed by atoms with Gasteiger partial charge in [-0.1, -0.05) is 11.6 Å². The van der Waals surface area contributed by atoms with Crippen molar-refractivity contribution in [2.45, 2.75) is 19.9 Å². The number of halogens is 1. The van der Waals surface area contributed by atoms with E-state index in [1.807, 2.05) is 26.0 Å². The van der Waals surface area contributed by atoms with Gasteiger partial charge in [0.1, 0.15) is 5.82 Å². The van der Waals surface area contributed by atoms with E-state index >= 15 is 0 Å². The second kappa shape index (κ2) is 3.26. The summed E-state index contributed by atoms with van der Waals surface area (Å²) < 4.78 is 0. The molecule has 0 unspecified atom stereocenters. The molecule has 2 aromatic rings. The van der Waals surface area contributed by atoms with Gasteiger partial charge in [-0.25, -0.2) is 4.98 Å². The molecule has 0 spiro atoms. The predicted molar refractivity (Wildman–Crippen MR) is 58.4 cm³/mol. The molecule has 2 rings (SSSR count). The molecule has 4 heteroatoms. The van der Waals surface area contributed by atoms with Gasteiger partial charge in [-0.3, -0.25) is 0 Å². The first-order valence-corrected chi connectivity index (χ1v) is 4.87. The van der Waals surface area contributed by atoms with Gasteiger partial charge in [-0.2, -0.15) is 0 Å². The van der Waals surface area contributed by atoms with Crippen molar-refractivity contribution in [3.05, 3.63) is 28.5 Å². The Labute approximate surface area is 87.3 Å². The second-order valence-corrected chi connectivity index (χ2v) is 3.97. The van der Waals surface area contributed by atoms with Crippen LogP contribution in [0.15, 0.2) is 12.1 Å². The predicted octanol–water partition coefficient (Wildman–Crippen LogP) is 2.54. The van der Waals surface area contributed by atoms with Crippen LogP contribution in [0.5, 0.6) is 0 Å². The third kappa shape index (κ3) is 1.49. The van der Waals surface area contributed by atoms with Gasteiger partial charge in [0, 0.05) is 5.02 Å². The molecule has 0 fully saturated rings. The number of aryl methyl sites for hydroxylation is 1. The zero-order valence-corrected chi connectivity index (χ0v) is 8.89. The Hall–Kier alpha value is -1.06. The standard InChI is InChI=1S/C10H12ClN3/c1-5-3-7(11)4-8-9(5)14-10(13-8)6(2)12/h3-4,6H,12H2,1-2H3,(H,13,14)/t6-/m0/s1. The second-order valence-electron chi connectivity index (χ2n) is 3.53. The van der Waals surface area contributed by atoms with Crippen LogP contribution in [-0.2, 0) is 0 Å². The lowest BCUT2D eigenvalue weighted by Gasteiger charge is -1.96. The van der Waals surface area contributed by atoms with Crippen LogP contribution in [0, 0.1) is 6.92 Å². The first-order chi connectivity index (χ1) is 6.58. The van der Waals surface area contributed by atoms with E-state index < -0.39 is 0 Å². The highest BCUT2D eigenvalue weighted by atomic mass is 35.5. The van der Waals surface area contributed by atoms with Crippen molar-refractivity contribution >= 4 is 22.6 Å². The van der Waals surface area contributed by atoms with Gasteiger partial charge in [0.2, 0.25) is 0 Å². The van der Waals surface area contributed by atoms with E-state index in [9.17, 15) is 0 Å². The minimum absolute atomic E-state index is 0.0828. The summed E-state index contributed by atoms with van der Waals surface area (Å²) in [6.07, 6.45) is 0. The molecule has 3 N–H and O–H groups in total. The van der Waals surface area contributed by atoms with Crippen LogP contribution >= 0.6 is 11.6 Å². The third-order valence-corrected chi connectivity index (χ3v) is 2.41. The fraction of sp³-hybridized carbons (Fsp3) is 0.300. The number of aromatic amines is 1. The van der Waals surface area contributed by atoms with Gasteiger partial charge in [-0.05, 0) is 31.5 Å². The molecule has 0 aliphatic carbocycles. The summed E-state index contributed by atoms with van der Waals surface area (Å²) >= 11 is 5.93. The molecule has 0 bridgehead atoms. The number of H-pyrrole nitrogens is 1. The molecule has 3 nitrogen and oxygen atoms in total. The Bertz CT molecular complexity index is 473. The maximum Gasteiger partial charge on any atom is 0.123 e. The fourth-order valence-corrected chi connectivity index (χ4v) is 1.75. The highest BCUT2D eigenvalue weighted by Crippen LogP contribution is 2.22. The van der Waals surface area contributed by atoms with Gasteiger partial charge in [0.05, 0.1) is 17.1 Å². The van der Waals surface area contributed by atoms with Crippen LogP contribution in [0.3, 0.4) is 0 Å². The lowest BCUT2D eigenvalue weighted by Crippen LogP contribution is -2.06. The maximum absolute atomic E-state index is 5.93. The molecular formula is C10H12ClN3. The number of nitrogens with zero attached hydrogens (tertiary/aromatic N) is 1. The molecule has 1 aromatic heterocycles. The van der Waals surface area contributed by atoms with Crippen molar-refractivity contribution in [2.75, 3.05) is 0 Å². The van der Waals surface area contributed by atoms with Crippen LogP contribution in [0.1, 0.15) is 24.4 Å². The highest BCUT2D eigenvalue weighted by molar-refractivity contribution is 6.31. The number of benzene rings is 1. The normalized spacial score (nSPS) is 13.4. The number of fused-ring (bicyclic) bond motifs is 1. The minimum atomic E-state index is -0.0828. The molecule has 1 atom stereocenters. The number of aromatic nitrogens is 2. The fourth-order valence-electron chi connectivity index (χ4n) is 1.48. The third-order valence-electron chi connectivity index (χ3n) is 2.19. The average molecular weight is 210 g/mol. The van der Waals surface area contributed by atoms with Crippen LogP contribution in [0.2, 0.25) is 5.02 Å². The van der Waals surface area contributed by atoms with Crippen LogP contribution in [0.25, 0.3) is 11.0 Å². The van der Waals surface area contributed by atoms with E-state index in [1.165, 1.54) is 0 Å². The number of rotatable bonds is 1. The number of nitrogens with one attached hydrogen (secondary N) is 1. The van der Waals surface area contributed by atoms with Crippen molar-refractivity contribution in [3.63, 3.8) is 0 Å². The smallest absolute Gasteiger partial charge is 0.123 e. The van der Waals surface area contributed by atoms with Crippen molar-refractivity contribution in [1.29, 1.82) is 0 Å². The molecule has 0 aliphatic rings. The monoisotopic (exact) mass is 209 g/mol. The van der Waals surface area contributed by atoms with Gasteiger partial charge >= 0.3 is 0 Å². The molecule has 14 heavy (non-hydrogen) atoms. The summed E-state index contributed by atoms with van der Waals surface area (Å²) in [5, 5.41) is 0.717. The van der Waals surface area contributed by atoms with Crippen molar-refractivity contribution in [2.24, 2.45) is 5.73 Å². The summed E-state index contributed by atoms with van der Waals surface area (Å²) in [5.74, 6) is 0.797. The molecule has 1 heterocycles. The van der Waals surface area contributed by atoms with Crippen LogP contribution in [-0.4, -0.2) is 9.97 Å². The van der Waals surface area contributed by atoms with Gasteiger partial charge < -0.3 is 10.7 Å². The molecule has 0 saturated carbocycles. The summed E-state index contributed by atoms with van der Waals surface area (Å²) in [4.78, 5) is 7.57. The first-order valence-electron chi connectivity index (χ1n) is 4.49. The van der Waals surface area contributed by atoms with E-state index in [0.717, 1.165) is 27.4 Å². The van der Waals surface area contributed by atoms with Crippen molar-refractivity contribution in [3.8, 4) is 0 Å². The minimum Gasteiger partial charge on any atom is -0.341 e. The van der Waals surface area contributed by atoms with Crippen LogP contribution in [0.4, 0.5) is 0 Å². The quantitative estimate of drug-likeness (QED) is 0.759. The lowest BCUT2D eigenvalue weighted by atomic mass is 10.2. The highest BCUT2D eigenvalue weighted by Gasteiger charge is 2.08. The van der Waals surface area contributed by atoms with E-state index in [1.54, 1.807) is 0 Å². The summed E-state index contributed by atoms with van der Waals surface area (Å²) in [6, 6.07) is 3.68. The Kier molecular flexibility index (Phi) is 2.21. The summed E-state index contributed by atoms with van der Waals surface area (Å²) in [7, 11) is 0. The molecule has 0 saturated heterocycles. The molecule has 0 radical (unpaired) electrons. The maximum atomic E-state index is 5.93. The number of hydrogen-bond acceptors (Lipinski definition) is 2. The first kappa shape index (κ1) is 9.49. The zero-order chi connectivity index (χ0) is 10.3. The molecule has 0 aliphatic heterocycles. The van der Waals surface area contributed by atoms with E-state index in [4.69, 9.17) is 17.3 Å². The van der Waals surface area contributed by atoms with E-state index in [-0.39, 0.29) is 6.04 Å². The summed E-state index contributed by atoms with van der Waals surface area (Å²) in [6.45, 7) is 3.88. The molecule has 74 valence electrons. The van der Waals surface area contributed by atoms with Crippen LogP contribution < -0.4 is 5.73 Å². The van der Waals surface area contributed by atoms with Gasteiger partial charge in [0.25, 0.3) is 0 Å². The Morgan fingerprint density at radius 1 is 1.50 bits per heavy atom. The van der Waals surface area contributed by atoms with E-state index in [2.05, 4.69) is 9.97 Å². The van der Waals surface area contributed by atoms with Gasteiger partial charge in [-0.15, -0.1) is 0 Å². The SMILES string of the molecule is Cc1cc(Cl)cc2[nH]c([C@H](C)N)nc12. The average Bonchev–Trinajstić information content (AvgIpc) is 2.47. The molecule has 1 aromatic carbocycles. The topological polar surface area (TPSA) is 54.7 Å². The Morgan fingerprint density at radius 3 is 2.86 bits per heavy atom.